The molecule has 0 saturated heterocycles. The Morgan fingerprint density at radius 2 is 1.77 bits per heavy atom. The van der Waals surface area contributed by atoms with E-state index in [1.54, 1.807) is 31.2 Å². The Hall–Kier alpha value is -2.65. The molecule has 2 amide bonds. The minimum atomic E-state index is -3.87. The minimum Gasteiger partial charge on any atom is -0.352 e. The Morgan fingerprint density at radius 3 is 2.37 bits per heavy atom. The number of nitrogens with one attached hydrogen (secondary N) is 1. The van der Waals surface area contributed by atoms with Crippen LogP contribution in [0.15, 0.2) is 48.5 Å². The first-order valence-corrected chi connectivity index (χ1v) is 13.8. The van der Waals surface area contributed by atoms with E-state index in [9.17, 15) is 22.4 Å². The van der Waals surface area contributed by atoms with E-state index in [1.165, 1.54) is 17.0 Å². The van der Waals surface area contributed by atoms with Gasteiger partial charge in [0, 0.05) is 17.6 Å². The van der Waals surface area contributed by atoms with Gasteiger partial charge in [0.25, 0.3) is 0 Å². The number of carbonyl (C=O) groups is 2. The van der Waals surface area contributed by atoms with Gasteiger partial charge < -0.3 is 10.2 Å². The number of sulfonamides is 1. The second-order valence-corrected chi connectivity index (χ2v) is 11.3. The molecule has 1 aliphatic rings. The predicted octanol–water partition coefficient (Wildman–Crippen LogP) is 4.11. The summed E-state index contributed by atoms with van der Waals surface area (Å²) in [5, 5.41) is 3.52. The highest BCUT2D eigenvalue weighted by Gasteiger charge is 2.31. The van der Waals surface area contributed by atoms with Crippen molar-refractivity contribution in [2.75, 3.05) is 17.1 Å². The standard InChI is InChI=1S/C25H31ClFN3O4S/c1-18(25(32)28-22-9-4-3-5-10-22)29(16-19-7-6-8-20(26)15-19)24(31)17-30(35(2,33)34)23-13-11-21(27)12-14-23/h6-8,11-15,18,22H,3-5,9-10,16-17H2,1-2H3,(H,28,32)/t18-/m0/s1. The molecular weight excluding hydrogens is 493 g/mol. The largest absolute Gasteiger partial charge is 0.352 e. The molecule has 3 rings (SSSR count). The molecule has 0 radical (unpaired) electrons. The molecule has 1 atom stereocenters. The number of amides is 2. The normalized spacial score (nSPS) is 15.3. The molecule has 1 saturated carbocycles. The Kier molecular flexibility index (Phi) is 9.13. The second-order valence-electron chi connectivity index (χ2n) is 8.92. The van der Waals surface area contributed by atoms with Gasteiger partial charge in [-0.1, -0.05) is 43.0 Å². The smallest absolute Gasteiger partial charge is 0.244 e. The highest BCUT2D eigenvalue weighted by Crippen LogP contribution is 2.21. The molecule has 10 heteroatoms. The number of hydrogen-bond donors (Lipinski definition) is 1. The fourth-order valence-electron chi connectivity index (χ4n) is 4.20. The first-order chi connectivity index (χ1) is 16.5. The van der Waals surface area contributed by atoms with E-state index in [1.807, 2.05) is 0 Å². The lowest BCUT2D eigenvalue weighted by Gasteiger charge is -2.33. The lowest BCUT2D eigenvalue weighted by Crippen LogP contribution is -2.52. The van der Waals surface area contributed by atoms with Gasteiger partial charge >= 0.3 is 0 Å². The summed E-state index contributed by atoms with van der Waals surface area (Å²) in [6.07, 6.45) is 6.01. The molecule has 0 bridgehead atoms. The van der Waals surface area contributed by atoms with Crippen LogP contribution in [0.2, 0.25) is 5.02 Å². The zero-order valence-electron chi connectivity index (χ0n) is 19.9. The molecule has 0 spiro atoms. The first kappa shape index (κ1) is 26.9. The Balaban J connectivity index is 1.86. The number of benzene rings is 2. The summed E-state index contributed by atoms with van der Waals surface area (Å²) in [5.74, 6) is -1.38. The van der Waals surface area contributed by atoms with Crippen LogP contribution in [0.1, 0.15) is 44.6 Å². The summed E-state index contributed by atoms with van der Waals surface area (Å²) in [4.78, 5) is 28.0. The maximum absolute atomic E-state index is 13.5. The zero-order chi connectivity index (χ0) is 25.6. The number of rotatable bonds is 9. The molecule has 2 aromatic carbocycles. The van der Waals surface area contributed by atoms with Crippen LogP contribution in [0.3, 0.4) is 0 Å². The second kappa shape index (κ2) is 11.9. The van der Waals surface area contributed by atoms with Crippen LogP contribution < -0.4 is 9.62 Å². The van der Waals surface area contributed by atoms with Crippen LogP contribution >= 0.6 is 11.6 Å². The van der Waals surface area contributed by atoms with E-state index < -0.39 is 34.3 Å². The van der Waals surface area contributed by atoms with Crippen LogP contribution in [0.25, 0.3) is 0 Å². The summed E-state index contributed by atoms with van der Waals surface area (Å²) in [6.45, 7) is 1.16. The Labute approximate surface area is 211 Å². The van der Waals surface area contributed by atoms with Gasteiger partial charge in [-0.2, -0.15) is 0 Å². The fraction of sp³-hybridized carbons (Fsp3) is 0.440. The predicted molar refractivity (Wildman–Crippen MR) is 135 cm³/mol. The quantitative estimate of drug-likeness (QED) is 0.536. The summed E-state index contributed by atoms with van der Waals surface area (Å²) >= 11 is 6.11. The number of carbonyl (C=O) groups excluding carboxylic acids is 2. The van der Waals surface area contributed by atoms with Crippen molar-refractivity contribution in [3.05, 3.63) is 64.9 Å². The molecule has 2 aromatic rings. The summed E-state index contributed by atoms with van der Waals surface area (Å²) < 4.78 is 39.3. The molecule has 0 unspecified atom stereocenters. The topological polar surface area (TPSA) is 86.8 Å². The molecule has 0 heterocycles. The van der Waals surface area contributed by atoms with Crippen molar-refractivity contribution in [2.24, 2.45) is 0 Å². The summed E-state index contributed by atoms with van der Waals surface area (Å²) in [5.41, 5.74) is 0.861. The minimum absolute atomic E-state index is 0.0635. The number of halogens is 2. The number of anilines is 1. The monoisotopic (exact) mass is 523 g/mol. The average Bonchev–Trinajstić information content (AvgIpc) is 2.81. The summed E-state index contributed by atoms with van der Waals surface area (Å²) in [7, 11) is -3.87. The highest BCUT2D eigenvalue weighted by molar-refractivity contribution is 7.92. The van der Waals surface area contributed by atoms with Crippen molar-refractivity contribution >= 4 is 39.1 Å². The molecular formula is C25H31ClFN3O4S. The fourth-order valence-corrected chi connectivity index (χ4v) is 5.27. The third-order valence-electron chi connectivity index (χ3n) is 6.15. The van der Waals surface area contributed by atoms with E-state index >= 15 is 0 Å². The first-order valence-electron chi connectivity index (χ1n) is 11.6. The van der Waals surface area contributed by atoms with Gasteiger partial charge in [0.2, 0.25) is 21.8 Å². The molecule has 35 heavy (non-hydrogen) atoms. The zero-order valence-corrected chi connectivity index (χ0v) is 21.5. The van der Waals surface area contributed by atoms with Crippen molar-refractivity contribution in [3.63, 3.8) is 0 Å². The molecule has 0 aromatic heterocycles. The average molecular weight is 524 g/mol. The molecule has 7 nitrogen and oxygen atoms in total. The summed E-state index contributed by atoms with van der Waals surface area (Å²) in [6, 6.07) is 11.0. The van der Waals surface area contributed by atoms with Gasteiger partial charge in [0.1, 0.15) is 18.4 Å². The number of hydrogen-bond acceptors (Lipinski definition) is 4. The highest BCUT2D eigenvalue weighted by atomic mass is 35.5. The van der Waals surface area contributed by atoms with Crippen molar-refractivity contribution in [1.29, 1.82) is 0 Å². The SMILES string of the molecule is C[C@@H](C(=O)NC1CCCCC1)N(Cc1cccc(Cl)c1)C(=O)CN(c1ccc(F)cc1)S(C)(=O)=O. The van der Waals surface area contributed by atoms with Crippen LogP contribution in [-0.4, -0.2) is 50.0 Å². The van der Waals surface area contributed by atoms with Crippen LogP contribution in [-0.2, 0) is 26.2 Å². The van der Waals surface area contributed by atoms with E-state index in [0.717, 1.165) is 54.8 Å². The molecule has 1 N–H and O–H groups in total. The van der Waals surface area contributed by atoms with Gasteiger partial charge in [-0.25, -0.2) is 12.8 Å². The van der Waals surface area contributed by atoms with E-state index in [2.05, 4.69) is 5.32 Å². The van der Waals surface area contributed by atoms with Crippen molar-refractivity contribution < 1.29 is 22.4 Å². The third-order valence-corrected chi connectivity index (χ3v) is 7.53. The van der Waals surface area contributed by atoms with Crippen molar-refractivity contribution in [2.45, 2.75) is 57.7 Å². The van der Waals surface area contributed by atoms with Gasteiger partial charge in [-0.3, -0.25) is 13.9 Å². The van der Waals surface area contributed by atoms with Crippen molar-refractivity contribution in [1.82, 2.24) is 10.2 Å². The van der Waals surface area contributed by atoms with Crippen molar-refractivity contribution in [3.8, 4) is 0 Å². The van der Waals surface area contributed by atoms with E-state index in [-0.39, 0.29) is 24.2 Å². The van der Waals surface area contributed by atoms with Gasteiger partial charge in [0.15, 0.2) is 0 Å². The molecule has 1 fully saturated rings. The van der Waals surface area contributed by atoms with E-state index in [4.69, 9.17) is 11.6 Å². The third kappa shape index (κ3) is 7.67. The van der Waals surface area contributed by atoms with Gasteiger partial charge in [0.05, 0.1) is 11.9 Å². The van der Waals surface area contributed by atoms with E-state index in [0.29, 0.717) is 10.6 Å². The van der Waals surface area contributed by atoms with Crippen LogP contribution in [0.4, 0.5) is 10.1 Å². The molecule has 0 aliphatic heterocycles. The maximum Gasteiger partial charge on any atom is 0.244 e. The van der Waals surface area contributed by atoms with Crippen LogP contribution in [0, 0.1) is 5.82 Å². The van der Waals surface area contributed by atoms with Gasteiger partial charge in [-0.05, 0) is 61.7 Å². The molecule has 1 aliphatic carbocycles. The number of nitrogens with zero attached hydrogens (tertiary/aromatic N) is 2. The maximum atomic E-state index is 13.5. The van der Waals surface area contributed by atoms with Gasteiger partial charge in [-0.15, -0.1) is 0 Å². The lowest BCUT2D eigenvalue weighted by atomic mass is 9.95. The molecule has 190 valence electrons. The van der Waals surface area contributed by atoms with Crippen LogP contribution in [0.5, 0.6) is 0 Å². The Bertz CT molecular complexity index is 1140. The Morgan fingerprint density at radius 1 is 1.11 bits per heavy atom. The lowest BCUT2D eigenvalue weighted by molar-refractivity contribution is -0.139.